The van der Waals surface area contributed by atoms with Gasteiger partial charge in [-0.1, -0.05) is 0 Å². The predicted molar refractivity (Wildman–Crippen MR) is 55.7 cm³/mol. The molecule has 1 aliphatic heterocycles. The van der Waals surface area contributed by atoms with Gasteiger partial charge in [-0.15, -0.1) is 0 Å². The monoisotopic (exact) mass is 239 g/mol. The van der Waals surface area contributed by atoms with Crippen molar-refractivity contribution in [2.24, 2.45) is 0 Å². The van der Waals surface area contributed by atoms with E-state index in [4.69, 9.17) is 4.55 Å². The maximum Gasteiger partial charge on any atom is 0.335 e. The van der Waals surface area contributed by atoms with Crippen LogP contribution >= 0.6 is 0 Å². The number of carbonyl (C=O) groups excluding carboxylic acids is 1. The second-order valence-electron chi connectivity index (χ2n) is 3.20. The molecule has 0 bridgehead atoms. The van der Waals surface area contributed by atoms with Crippen LogP contribution in [0.4, 0.5) is 0 Å². The predicted octanol–water partition coefficient (Wildman–Crippen LogP) is -1.60. The van der Waals surface area contributed by atoms with Crippen LogP contribution in [0.15, 0.2) is 0 Å². The molecule has 8 heteroatoms. The smallest absolute Gasteiger partial charge is 0.335 e. The Bertz CT molecular complexity index is 272. The highest BCUT2D eigenvalue weighted by Gasteiger charge is 2.19. The lowest BCUT2D eigenvalue weighted by atomic mass is 10.4. The third-order valence-electron chi connectivity index (χ3n) is 1.61. The first-order valence-electron chi connectivity index (χ1n) is 4.43. The molecule has 90 valence electrons. The summed E-state index contributed by atoms with van der Waals surface area (Å²) in [7, 11) is -0.558. The third-order valence-corrected chi connectivity index (χ3v) is 2.63. The molecule has 0 aromatic heterocycles. The molecule has 1 rings (SSSR count). The lowest BCUT2D eigenvalue weighted by molar-refractivity contribution is -0.115. The molecule has 0 aliphatic carbocycles. The van der Waals surface area contributed by atoms with E-state index in [1.54, 1.807) is 14.1 Å². The van der Waals surface area contributed by atoms with Crippen molar-refractivity contribution < 1.29 is 17.8 Å². The Morgan fingerprint density at radius 1 is 1.33 bits per heavy atom. The van der Waals surface area contributed by atoms with E-state index in [1.165, 1.54) is 4.90 Å². The van der Waals surface area contributed by atoms with Crippen molar-refractivity contribution in [3.8, 4) is 0 Å². The molecule has 1 saturated heterocycles. The van der Waals surface area contributed by atoms with Crippen molar-refractivity contribution in [1.82, 2.24) is 14.5 Å². The first-order valence-corrected chi connectivity index (χ1v) is 5.82. The van der Waals surface area contributed by atoms with Crippen molar-refractivity contribution in [3.63, 3.8) is 0 Å². The van der Waals surface area contributed by atoms with Gasteiger partial charge in [0.25, 0.3) is 0 Å². The molecule has 0 unspecified atom stereocenters. The molecule has 15 heavy (non-hydrogen) atoms. The maximum atomic E-state index is 10.4. The van der Waals surface area contributed by atoms with Crippen molar-refractivity contribution >= 4 is 16.7 Å². The van der Waals surface area contributed by atoms with Crippen molar-refractivity contribution in [2.75, 3.05) is 40.3 Å². The van der Waals surface area contributed by atoms with Gasteiger partial charge in [-0.3, -0.25) is 9.35 Å². The summed E-state index contributed by atoms with van der Waals surface area (Å²) < 4.78 is 30.4. The summed E-state index contributed by atoms with van der Waals surface area (Å²) in [5.74, 6) is 0. The second kappa shape index (κ2) is 6.72. The van der Waals surface area contributed by atoms with Gasteiger partial charge >= 0.3 is 10.3 Å². The number of nitrogens with one attached hydrogen (secondary N) is 1. The Labute approximate surface area is 89.9 Å². The van der Waals surface area contributed by atoms with Crippen LogP contribution in [0.25, 0.3) is 0 Å². The minimum Gasteiger partial charge on any atom is -0.351 e. The number of rotatable bonds is 2. The van der Waals surface area contributed by atoms with Crippen LogP contribution in [0.3, 0.4) is 0 Å². The fraction of sp³-hybridized carbons (Fsp3) is 0.857. The lowest BCUT2D eigenvalue weighted by Crippen LogP contribution is -2.46. The van der Waals surface area contributed by atoms with Crippen molar-refractivity contribution in [1.29, 1.82) is 0 Å². The zero-order chi connectivity index (χ0) is 11.9. The quantitative estimate of drug-likeness (QED) is 0.447. The summed E-state index contributed by atoms with van der Waals surface area (Å²) in [4.78, 5) is 10.9. The molecule has 0 spiro atoms. The van der Waals surface area contributed by atoms with Gasteiger partial charge in [0.2, 0.25) is 6.41 Å². The van der Waals surface area contributed by atoms with Crippen LogP contribution in [-0.2, 0) is 15.1 Å². The highest BCUT2D eigenvalue weighted by molar-refractivity contribution is 7.83. The highest BCUT2D eigenvalue weighted by atomic mass is 32.2. The Kier molecular flexibility index (Phi) is 6.41. The summed E-state index contributed by atoms with van der Waals surface area (Å²) in [6.07, 6.45) is 0.750. The van der Waals surface area contributed by atoms with Gasteiger partial charge in [0.15, 0.2) is 0 Å². The number of piperazine rings is 1. The van der Waals surface area contributed by atoms with Crippen molar-refractivity contribution in [2.45, 2.75) is 0 Å². The maximum absolute atomic E-state index is 10.4. The molecular formula is C7H17N3O4S. The van der Waals surface area contributed by atoms with Gasteiger partial charge in [-0.2, -0.15) is 12.7 Å². The van der Waals surface area contributed by atoms with E-state index in [2.05, 4.69) is 5.32 Å². The molecule has 1 aliphatic rings. The summed E-state index contributed by atoms with van der Waals surface area (Å²) in [5.41, 5.74) is 0. The van der Waals surface area contributed by atoms with Crippen LogP contribution in [0.2, 0.25) is 0 Å². The largest absolute Gasteiger partial charge is 0.351 e. The average molecular weight is 239 g/mol. The first kappa shape index (κ1) is 14.3. The zero-order valence-corrected chi connectivity index (χ0v) is 9.70. The summed E-state index contributed by atoms with van der Waals surface area (Å²) in [6, 6.07) is 0. The van der Waals surface area contributed by atoms with Gasteiger partial charge in [0, 0.05) is 40.3 Å². The number of carbonyl (C=O) groups is 1. The van der Waals surface area contributed by atoms with Gasteiger partial charge in [0.1, 0.15) is 0 Å². The Morgan fingerprint density at radius 3 is 1.93 bits per heavy atom. The Balaban J connectivity index is 0.000000336. The van der Waals surface area contributed by atoms with Gasteiger partial charge in [0.05, 0.1) is 0 Å². The minimum absolute atomic E-state index is 0.360. The minimum atomic E-state index is -3.93. The van der Waals surface area contributed by atoms with Crippen LogP contribution in [-0.4, -0.2) is 68.9 Å². The number of nitrogens with zero attached hydrogens (tertiary/aromatic N) is 2. The zero-order valence-electron chi connectivity index (χ0n) is 8.88. The van der Waals surface area contributed by atoms with E-state index >= 15 is 0 Å². The van der Waals surface area contributed by atoms with E-state index in [9.17, 15) is 13.2 Å². The molecule has 0 aromatic rings. The molecule has 0 radical (unpaired) electrons. The fourth-order valence-electron chi connectivity index (χ4n) is 0.875. The highest BCUT2D eigenvalue weighted by Crippen LogP contribution is 1.97. The van der Waals surface area contributed by atoms with Crippen LogP contribution < -0.4 is 5.32 Å². The molecule has 2 N–H and O–H groups in total. The summed E-state index contributed by atoms with van der Waals surface area (Å²) >= 11 is 0. The van der Waals surface area contributed by atoms with Gasteiger partial charge < -0.3 is 10.2 Å². The molecule has 1 amide bonds. The van der Waals surface area contributed by atoms with E-state index in [-0.39, 0.29) is 0 Å². The van der Waals surface area contributed by atoms with E-state index < -0.39 is 10.3 Å². The molecule has 1 heterocycles. The molecule has 0 saturated carbocycles. The van der Waals surface area contributed by atoms with E-state index in [0.29, 0.717) is 26.2 Å². The van der Waals surface area contributed by atoms with Gasteiger partial charge in [-0.25, -0.2) is 0 Å². The van der Waals surface area contributed by atoms with E-state index in [0.717, 1.165) is 10.7 Å². The van der Waals surface area contributed by atoms with Crippen LogP contribution in [0.5, 0.6) is 0 Å². The topological polar surface area (TPSA) is 90.0 Å². The fourth-order valence-corrected chi connectivity index (χ4v) is 1.52. The van der Waals surface area contributed by atoms with E-state index in [1.807, 2.05) is 0 Å². The second-order valence-corrected chi connectivity index (χ2v) is 4.61. The Hall–Kier alpha value is -0.700. The first-order chi connectivity index (χ1) is 6.88. The standard InChI is InChI=1S/C4H10N2O3S.C3H7NO/c7-10(8,9)6-3-1-5-2-4-6;1-4(2)3-5/h5H,1-4H2,(H,7,8,9);3H,1-2H3. The number of hydrogen-bond acceptors (Lipinski definition) is 4. The molecule has 1 fully saturated rings. The third kappa shape index (κ3) is 7.25. The molecular weight excluding hydrogens is 222 g/mol. The molecule has 7 nitrogen and oxygen atoms in total. The SMILES string of the molecule is CN(C)C=O.O=S(=O)(O)N1CCNCC1. The lowest BCUT2D eigenvalue weighted by Gasteiger charge is -2.23. The van der Waals surface area contributed by atoms with Gasteiger partial charge in [-0.05, 0) is 0 Å². The summed E-state index contributed by atoms with van der Waals surface area (Å²) in [5, 5.41) is 2.97. The van der Waals surface area contributed by atoms with Crippen LogP contribution in [0, 0.1) is 0 Å². The number of amides is 1. The normalized spacial score (nSPS) is 17.5. The molecule has 0 aromatic carbocycles. The average Bonchev–Trinajstić information content (AvgIpc) is 2.19. The van der Waals surface area contributed by atoms with Crippen molar-refractivity contribution in [3.05, 3.63) is 0 Å². The Morgan fingerprint density at radius 2 is 1.73 bits per heavy atom. The molecule has 0 atom stereocenters. The van der Waals surface area contributed by atoms with Crippen LogP contribution in [0.1, 0.15) is 0 Å². The summed E-state index contributed by atoms with van der Waals surface area (Å²) in [6.45, 7) is 1.94. The number of hydrogen-bond donors (Lipinski definition) is 2.